The molecule has 18 nitrogen and oxygen atoms in total. The molecule has 376 valence electrons. The molecule has 4 heterocycles. The zero-order chi connectivity index (χ0) is 52.5. The van der Waals surface area contributed by atoms with E-state index in [-0.39, 0.29) is 35.7 Å². The highest BCUT2D eigenvalue weighted by molar-refractivity contribution is 6.10. The monoisotopic (exact) mass is 964 g/mol. The van der Waals surface area contributed by atoms with Gasteiger partial charge in [-0.25, -0.2) is 39.1 Å². The van der Waals surface area contributed by atoms with Crippen molar-refractivity contribution in [2.24, 2.45) is 0 Å². The summed E-state index contributed by atoms with van der Waals surface area (Å²) in [6.07, 6.45) is 0.978. The van der Waals surface area contributed by atoms with Gasteiger partial charge >= 0.3 is 24.4 Å². The molecule has 0 saturated heterocycles. The van der Waals surface area contributed by atoms with Gasteiger partial charge in [-0.1, -0.05) is 0 Å². The van der Waals surface area contributed by atoms with Gasteiger partial charge in [0.15, 0.2) is 0 Å². The van der Waals surface area contributed by atoms with Crippen molar-refractivity contribution in [1.82, 2.24) is 19.9 Å². The molecule has 0 aliphatic heterocycles. The second-order valence-electron chi connectivity index (χ2n) is 18.5. The van der Waals surface area contributed by atoms with Gasteiger partial charge in [-0.15, -0.1) is 0 Å². The van der Waals surface area contributed by atoms with Gasteiger partial charge in [0.2, 0.25) is 23.8 Å². The Labute approximate surface area is 394 Å². The Morgan fingerprint density at radius 1 is 0.471 bits per heavy atom. The maximum Gasteiger partial charge on any atom is 0.424 e. The van der Waals surface area contributed by atoms with E-state index in [0.717, 1.165) is 12.4 Å². The quantitative estimate of drug-likeness (QED) is 0.104. The standard InChI is InChI=1S/C17H25FN2O5.C16H23FN2O4.C7H9FN2O.C6H7FN2/c1-16(2,3)24-14(21)20(15(22)25-17(4,5)6)12-8-11(10-23-7)13(18)19-9-12;1-10-8-11(9-18-12(10)17)19(13(20)22-15(2,3)4)14(21)23-16(5,6)7;1-11-4-5-2-6(9)3-10-7(5)8;1-4-2-5(8)3-9-6(4)7/h8-9H,10H2,1-7H3;8-9H,1-7H3;2-3H,4,9H2,1H3;2-3H,8H2,1H3. The number of anilines is 4. The zero-order valence-electron chi connectivity index (χ0n) is 41.5. The number of rotatable bonds is 6. The van der Waals surface area contributed by atoms with E-state index in [1.54, 1.807) is 96.1 Å². The van der Waals surface area contributed by atoms with Crippen LogP contribution in [-0.2, 0) is 41.6 Å². The minimum Gasteiger partial charge on any atom is -0.443 e. The Morgan fingerprint density at radius 2 is 0.750 bits per heavy atom. The first-order chi connectivity index (χ1) is 31.1. The summed E-state index contributed by atoms with van der Waals surface area (Å²) in [6, 6.07) is 5.67. The first kappa shape index (κ1) is 59.3. The van der Waals surface area contributed by atoms with E-state index in [1.165, 1.54) is 51.7 Å². The summed E-state index contributed by atoms with van der Waals surface area (Å²) < 4.78 is 82.7. The number of imide groups is 2. The van der Waals surface area contributed by atoms with Crippen molar-refractivity contribution < 1.29 is 65.2 Å². The molecule has 4 aromatic rings. The largest absolute Gasteiger partial charge is 0.443 e. The van der Waals surface area contributed by atoms with Gasteiger partial charge in [-0.05, 0) is 121 Å². The Bertz CT molecular complexity index is 2270. The van der Waals surface area contributed by atoms with Gasteiger partial charge in [0, 0.05) is 36.5 Å². The molecule has 0 unspecified atom stereocenters. The maximum absolute atomic E-state index is 13.7. The predicted molar refractivity (Wildman–Crippen MR) is 246 cm³/mol. The van der Waals surface area contributed by atoms with E-state index in [9.17, 15) is 36.7 Å². The molecule has 0 saturated carbocycles. The van der Waals surface area contributed by atoms with Crippen LogP contribution in [-0.4, -0.2) is 80.9 Å². The molecule has 0 radical (unpaired) electrons. The second kappa shape index (κ2) is 25.5. The molecule has 0 spiro atoms. The topological polar surface area (TPSA) is 234 Å². The molecular formula is C46H64F4N8O10. The molecule has 0 fully saturated rings. The predicted octanol–water partition coefficient (Wildman–Crippen LogP) is 10.3. The molecule has 22 heteroatoms. The molecule has 0 bridgehead atoms. The zero-order valence-corrected chi connectivity index (χ0v) is 41.5. The van der Waals surface area contributed by atoms with E-state index in [1.807, 2.05) is 0 Å². The Hall–Kier alpha value is -6.68. The lowest BCUT2D eigenvalue weighted by Crippen LogP contribution is -2.44. The number of hydrogen-bond acceptors (Lipinski definition) is 16. The Kier molecular flexibility index (Phi) is 22.2. The highest BCUT2D eigenvalue weighted by Gasteiger charge is 2.35. The number of nitrogen functional groups attached to an aromatic ring is 2. The van der Waals surface area contributed by atoms with E-state index >= 15 is 0 Å². The third-order valence-corrected chi connectivity index (χ3v) is 7.29. The minimum absolute atomic E-state index is 0.0250. The van der Waals surface area contributed by atoms with Crippen LogP contribution < -0.4 is 21.3 Å². The number of aryl methyl sites for hydroxylation is 2. The van der Waals surface area contributed by atoms with E-state index in [0.29, 0.717) is 32.3 Å². The molecule has 68 heavy (non-hydrogen) atoms. The van der Waals surface area contributed by atoms with Crippen LogP contribution in [0.15, 0.2) is 49.1 Å². The van der Waals surface area contributed by atoms with Crippen LogP contribution in [0.2, 0.25) is 0 Å². The Balaban J connectivity index is 0.000000489. The SMILES string of the molecule is COCc1cc(N(C(=O)OC(C)(C)C)C(=O)OC(C)(C)C)cnc1F.COCc1cc(N)cnc1F.Cc1cc(N(C(=O)OC(C)(C)C)C(=O)OC(C)(C)C)cnc1F.Cc1cc(N)cnc1F. The molecule has 4 rings (SSSR count). The number of hydrogen-bond donors (Lipinski definition) is 2. The first-order valence-electron chi connectivity index (χ1n) is 20.6. The van der Waals surface area contributed by atoms with Crippen LogP contribution in [0.3, 0.4) is 0 Å². The number of nitrogens with zero attached hydrogens (tertiary/aromatic N) is 6. The van der Waals surface area contributed by atoms with Crippen LogP contribution in [0.25, 0.3) is 0 Å². The summed E-state index contributed by atoms with van der Waals surface area (Å²) >= 11 is 0. The fourth-order valence-corrected chi connectivity index (χ4v) is 4.68. The number of carbonyl (C=O) groups is 4. The number of methoxy groups -OCH3 is 2. The number of halogens is 4. The fraction of sp³-hybridized carbons (Fsp3) is 0.478. The smallest absolute Gasteiger partial charge is 0.424 e. The van der Waals surface area contributed by atoms with Crippen molar-refractivity contribution in [2.45, 2.75) is 133 Å². The minimum atomic E-state index is -0.946. The average Bonchev–Trinajstić information content (AvgIpc) is 3.16. The lowest BCUT2D eigenvalue weighted by molar-refractivity contribution is 0.0408. The van der Waals surface area contributed by atoms with Gasteiger partial charge in [-0.3, -0.25) is 0 Å². The van der Waals surface area contributed by atoms with E-state index < -0.39 is 70.6 Å². The van der Waals surface area contributed by atoms with Crippen LogP contribution >= 0.6 is 0 Å². The summed E-state index contributed by atoms with van der Waals surface area (Å²) in [5.74, 6) is -2.41. The van der Waals surface area contributed by atoms with Crippen molar-refractivity contribution in [3.05, 3.63) is 95.1 Å². The van der Waals surface area contributed by atoms with Crippen molar-refractivity contribution >= 4 is 47.1 Å². The molecule has 0 aliphatic rings. The summed E-state index contributed by atoms with van der Waals surface area (Å²) in [6.45, 7) is 23.3. The van der Waals surface area contributed by atoms with Gasteiger partial charge in [0.05, 0.1) is 60.8 Å². The summed E-state index contributed by atoms with van der Waals surface area (Å²) in [7, 11) is 2.88. The molecule has 4 aromatic heterocycles. The van der Waals surface area contributed by atoms with Crippen molar-refractivity contribution in [1.29, 1.82) is 0 Å². The summed E-state index contributed by atoms with van der Waals surface area (Å²) in [5, 5.41) is 0. The highest BCUT2D eigenvalue weighted by Crippen LogP contribution is 2.25. The normalized spacial score (nSPS) is 11.2. The van der Waals surface area contributed by atoms with E-state index in [4.69, 9.17) is 39.9 Å². The lowest BCUT2D eigenvalue weighted by Gasteiger charge is -2.28. The van der Waals surface area contributed by atoms with Crippen LogP contribution in [0.5, 0.6) is 0 Å². The highest BCUT2D eigenvalue weighted by atomic mass is 19.1. The second-order valence-corrected chi connectivity index (χ2v) is 18.5. The van der Waals surface area contributed by atoms with Gasteiger partial charge in [0.1, 0.15) is 22.4 Å². The average molecular weight is 965 g/mol. The molecule has 0 atom stereocenters. The van der Waals surface area contributed by atoms with E-state index in [2.05, 4.69) is 19.9 Å². The van der Waals surface area contributed by atoms with Crippen molar-refractivity contribution in [2.75, 3.05) is 35.5 Å². The maximum atomic E-state index is 13.7. The van der Waals surface area contributed by atoms with Crippen LogP contribution in [0.4, 0.5) is 59.5 Å². The van der Waals surface area contributed by atoms with Crippen LogP contribution in [0, 0.1) is 37.6 Å². The van der Waals surface area contributed by atoms with Crippen molar-refractivity contribution in [3.63, 3.8) is 0 Å². The third-order valence-electron chi connectivity index (χ3n) is 7.29. The number of carbonyl (C=O) groups excluding carboxylic acids is 4. The number of ether oxygens (including phenoxy) is 6. The van der Waals surface area contributed by atoms with Gasteiger partial charge in [-0.2, -0.15) is 27.4 Å². The van der Waals surface area contributed by atoms with Gasteiger partial charge in [0.25, 0.3) is 0 Å². The van der Waals surface area contributed by atoms with Crippen molar-refractivity contribution in [3.8, 4) is 0 Å². The third kappa shape index (κ3) is 22.2. The fourth-order valence-electron chi connectivity index (χ4n) is 4.68. The number of amides is 4. The lowest BCUT2D eigenvalue weighted by atomic mass is 10.2. The van der Waals surface area contributed by atoms with Gasteiger partial charge < -0.3 is 39.9 Å². The number of nitrogens with two attached hydrogens (primary N) is 2. The molecule has 4 amide bonds. The molecular weight excluding hydrogens is 901 g/mol. The number of pyridine rings is 4. The molecule has 0 aliphatic carbocycles. The Morgan fingerprint density at radius 3 is 1.06 bits per heavy atom. The molecule has 4 N–H and O–H groups in total. The summed E-state index contributed by atoms with van der Waals surface area (Å²) in [5.41, 5.74) is 9.58. The van der Waals surface area contributed by atoms with Crippen LogP contribution in [0.1, 0.15) is 105 Å². The first-order valence-corrected chi connectivity index (χ1v) is 20.6. The number of aromatic nitrogens is 4. The molecule has 0 aromatic carbocycles. The summed E-state index contributed by atoms with van der Waals surface area (Å²) in [4.78, 5) is 65.0.